The molecule has 0 saturated heterocycles. The van der Waals surface area contributed by atoms with Gasteiger partial charge in [0.25, 0.3) is 0 Å². The number of benzene rings is 1. The molecule has 1 unspecified atom stereocenters. The van der Waals surface area contributed by atoms with Gasteiger partial charge in [-0.15, -0.1) is 0 Å². The molecule has 4 nitrogen and oxygen atoms in total. The van der Waals surface area contributed by atoms with Crippen LogP contribution in [0.4, 0.5) is 5.69 Å². The molecule has 1 aromatic carbocycles. The number of para-hydroxylation sites is 1. The highest BCUT2D eigenvalue weighted by atomic mass is 16.3. The zero-order valence-corrected chi connectivity index (χ0v) is 9.93. The molecule has 1 heterocycles. The van der Waals surface area contributed by atoms with Crippen LogP contribution in [0.5, 0.6) is 0 Å². The minimum Gasteiger partial charge on any atom is -0.396 e. The SMILES string of the molecule is CN(c1c[nH]c2ccccc12)C(CO)CCO. The topological polar surface area (TPSA) is 59.5 Å². The lowest BCUT2D eigenvalue weighted by Crippen LogP contribution is -2.35. The van der Waals surface area contributed by atoms with E-state index in [0.717, 1.165) is 16.6 Å². The standard InChI is InChI=1S/C13H18N2O2/c1-15(10(9-17)6-7-16)13-8-14-12-5-3-2-4-11(12)13/h2-5,8,10,14,16-17H,6-7,9H2,1H3. The Morgan fingerprint density at radius 3 is 2.76 bits per heavy atom. The fourth-order valence-corrected chi connectivity index (χ4v) is 2.10. The number of aromatic amines is 1. The van der Waals surface area contributed by atoms with E-state index in [1.165, 1.54) is 0 Å². The third-order valence-electron chi connectivity index (χ3n) is 3.17. The molecule has 0 aliphatic carbocycles. The number of rotatable bonds is 5. The molecule has 1 atom stereocenters. The number of nitrogens with zero attached hydrogens (tertiary/aromatic N) is 1. The van der Waals surface area contributed by atoms with Crippen LogP contribution < -0.4 is 4.90 Å². The fraction of sp³-hybridized carbons (Fsp3) is 0.385. The van der Waals surface area contributed by atoms with Gasteiger partial charge in [0, 0.05) is 30.8 Å². The second-order valence-corrected chi connectivity index (χ2v) is 4.18. The van der Waals surface area contributed by atoms with E-state index >= 15 is 0 Å². The van der Waals surface area contributed by atoms with Crippen molar-refractivity contribution in [3.8, 4) is 0 Å². The molecule has 0 fully saturated rings. The maximum absolute atomic E-state index is 9.34. The second kappa shape index (κ2) is 5.21. The van der Waals surface area contributed by atoms with E-state index in [1.807, 2.05) is 42.4 Å². The van der Waals surface area contributed by atoms with Crippen molar-refractivity contribution in [2.75, 3.05) is 25.2 Å². The highest BCUT2D eigenvalue weighted by Gasteiger charge is 2.16. The normalized spacial score (nSPS) is 12.9. The van der Waals surface area contributed by atoms with E-state index in [1.54, 1.807) is 0 Å². The van der Waals surface area contributed by atoms with Gasteiger partial charge in [0.1, 0.15) is 0 Å². The van der Waals surface area contributed by atoms with Gasteiger partial charge in [-0.1, -0.05) is 18.2 Å². The van der Waals surface area contributed by atoms with Gasteiger partial charge in [-0.25, -0.2) is 0 Å². The Bertz CT molecular complexity index is 481. The lowest BCUT2D eigenvalue weighted by atomic mass is 10.1. The van der Waals surface area contributed by atoms with Crippen molar-refractivity contribution in [1.29, 1.82) is 0 Å². The Hall–Kier alpha value is -1.52. The number of hydrogen-bond acceptors (Lipinski definition) is 3. The quantitative estimate of drug-likeness (QED) is 0.732. The Labute approximate surface area is 100 Å². The summed E-state index contributed by atoms with van der Waals surface area (Å²) in [7, 11) is 1.94. The molecule has 92 valence electrons. The minimum atomic E-state index is -0.0563. The summed E-state index contributed by atoms with van der Waals surface area (Å²) in [5, 5.41) is 19.4. The lowest BCUT2D eigenvalue weighted by molar-refractivity contribution is 0.218. The summed E-state index contributed by atoms with van der Waals surface area (Å²) in [4.78, 5) is 5.21. The monoisotopic (exact) mass is 234 g/mol. The number of aliphatic hydroxyl groups is 2. The van der Waals surface area contributed by atoms with Crippen molar-refractivity contribution >= 4 is 16.6 Å². The molecule has 0 radical (unpaired) electrons. The zero-order chi connectivity index (χ0) is 12.3. The fourth-order valence-electron chi connectivity index (χ4n) is 2.10. The van der Waals surface area contributed by atoms with Crippen LogP contribution in [0.15, 0.2) is 30.5 Å². The third-order valence-corrected chi connectivity index (χ3v) is 3.17. The molecule has 3 N–H and O–H groups in total. The highest BCUT2D eigenvalue weighted by molar-refractivity contribution is 5.92. The van der Waals surface area contributed by atoms with Crippen molar-refractivity contribution in [2.45, 2.75) is 12.5 Å². The van der Waals surface area contributed by atoms with Crippen LogP contribution in [-0.4, -0.2) is 41.5 Å². The molecule has 0 aliphatic rings. The summed E-state index contributed by atoms with van der Waals surface area (Å²) in [5.74, 6) is 0. The maximum Gasteiger partial charge on any atom is 0.0635 e. The Kier molecular flexibility index (Phi) is 3.66. The van der Waals surface area contributed by atoms with E-state index < -0.39 is 0 Å². The molecule has 0 aliphatic heterocycles. The first-order chi connectivity index (χ1) is 8.27. The van der Waals surface area contributed by atoms with Gasteiger partial charge in [-0.3, -0.25) is 0 Å². The molecule has 2 aromatic rings. The van der Waals surface area contributed by atoms with Gasteiger partial charge in [0.15, 0.2) is 0 Å². The number of likely N-dealkylation sites (N-methyl/N-ethyl adjacent to an activating group) is 1. The van der Waals surface area contributed by atoms with Crippen molar-refractivity contribution in [3.63, 3.8) is 0 Å². The molecule has 4 heteroatoms. The smallest absolute Gasteiger partial charge is 0.0635 e. The molecular weight excluding hydrogens is 216 g/mol. The van der Waals surface area contributed by atoms with Crippen LogP contribution in [0.1, 0.15) is 6.42 Å². The summed E-state index contributed by atoms with van der Waals surface area (Å²) < 4.78 is 0. The molecule has 1 aromatic heterocycles. The van der Waals surface area contributed by atoms with E-state index in [9.17, 15) is 5.11 Å². The van der Waals surface area contributed by atoms with Crippen LogP contribution in [0.25, 0.3) is 10.9 Å². The van der Waals surface area contributed by atoms with E-state index in [2.05, 4.69) is 4.98 Å². The largest absolute Gasteiger partial charge is 0.396 e. The van der Waals surface area contributed by atoms with Crippen LogP contribution in [0.3, 0.4) is 0 Å². The van der Waals surface area contributed by atoms with Crippen LogP contribution in [0.2, 0.25) is 0 Å². The predicted octanol–water partition coefficient (Wildman–Crippen LogP) is 1.35. The van der Waals surface area contributed by atoms with Crippen molar-refractivity contribution in [3.05, 3.63) is 30.5 Å². The first-order valence-electron chi connectivity index (χ1n) is 5.78. The molecule has 0 saturated carbocycles. The molecule has 0 amide bonds. The van der Waals surface area contributed by atoms with Crippen LogP contribution in [0, 0.1) is 0 Å². The van der Waals surface area contributed by atoms with Gasteiger partial charge >= 0.3 is 0 Å². The highest BCUT2D eigenvalue weighted by Crippen LogP contribution is 2.27. The molecule has 0 bridgehead atoms. The number of fused-ring (bicyclic) bond motifs is 1. The third kappa shape index (κ3) is 2.28. The van der Waals surface area contributed by atoms with Gasteiger partial charge in [-0.2, -0.15) is 0 Å². The van der Waals surface area contributed by atoms with Gasteiger partial charge in [-0.05, 0) is 12.5 Å². The average Bonchev–Trinajstić information content (AvgIpc) is 2.79. The first-order valence-corrected chi connectivity index (χ1v) is 5.78. The average molecular weight is 234 g/mol. The van der Waals surface area contributed by atoms with Crippen LogP contribution in [-0.2, 0) is 0 Å². The molecular formula is C13H18N2O2. The summed E-state index contributed by atoms with van der Waals surface area (Å²) in [5.41, 5.74) is 2.13. The Morgan fingerprint density at radius 1 is 1.29 bits per heavy atom. The first kappa shape index (κ1) is 12.0. The number of hydrogen-bond donors (Lipinski definition) is 3. The molecule has 17 heavy (non-hydrogen) atoms. The van der Waals surface area contributed by atoms with Gasteiger partial charge in [0.2, 0.25) is 0 Å². The van der Waals surface area contributed by atoms with Gasteiger partial charge < -0.3 is 20.1 Å². The molecule has 0 spiro atoms. The van der Waals surface area contributed by atoms with E-state index in [0.29, 0.717) is 6.42 Å². The number of nitrogens with one attached hydrogen (secondary N) is 1. The van der Waals surface area contributed by atoms with Crippen molar-refractivity contribution in [1.82, 2.24) is 4.98 Å². The summed E-state index contributed by atoms with van der Waals surface area (Å²) >= 11 is 0. The number of anilines is 1. The number of H-pyrrole nitrogens is 1. The second-order valence-electron chi connectivity index (χ2n) is 4.18. The molecule has 2 rings (SSSR count). The van der Waals surface area contributed by atoms with Crippen molar-refractivity contribution in [2.24, 2.45) is 0 Å². The van der Waals surface area contributed by atoms with Crippen LogP contribution >= 0.6 is 0 Å². The summed E-state index contributed by atoms with van der Waals surface area (Å²) in [6.45, 7) is 0.120. The van der Waals surface area contributed by atoms with Crippen molar-refractivity contribution < 1.29 is 10.2 Å². The number of aromatic nitrogens is 1. The minimum absolute atomic E-state index is 0.0383. The lowest BCUT2D eigenvalue weighted by Gasteiger charge is -2.27. The Balaban J connectivity index is 2.32. The summed E-state index contributed by atoms with van der Waals surface area (Å²) in [6.07, 6.45) is 2.50. The van der Waals surface area contributed by atoms with E-state index in [-0.39, 0.29) is 19.3 Å². The summed E-state index contributed by atoms with van der Waals surface area (Å²) in [6, 6.07) is 7.99. The van der Waals surface area contributed by atoms with E-state index in [4.69, 9.17) is 5.11 Å². The predicted molar refractivity (Wildman–Crippen MR) is 69.3 cm³/mol. The van der Waals surface area contributed by atoms with Gasteiger partial charge in [0.05, 0.1) is 18.3 Å². The Morgan fingerprint density at radius 2 is 2.06 bits per heavy atom. The zero-order valence-electron chi connectivity index (χ0n) is 9.93. The maximum atomic E-state index is 9.34. The number of aliphatic hydroxyl groups excluding tert-OH is 2.